The number of rotatable bonds is 3. The predicted molar refractivity (Wildman–Crippen MR) is 60.8 cm³/mol. The lowest BCUT2D eigenvalue weighted by molar-refractivity contribution is 0.399. The summed E-state index contributed by atoms with van der Waals surface area (Å²) >= 11 is 0. The summed E-state index contributed by atoms with van der Waals surface area (Å²) in [7, 11) is 1.84. The summed E-state index contributed by atoms with van der Waals surface area (Å²) in [6, 6.07) is 1.53. The zero-order valence-corrected chi connectivity index (χ0v) is 9.85. The highest BCUT2D eigenvalue weighted by atomic mass is 16.1. The molecule has 4 nitrogen and oxygen atoms in total. The van der Waals surface area contributed by atoms with Gasteiger partial charge in [0.1, 0.15) is 5.82 Å². The fourth-order valence-electron chi connectivity index (χ4n) is 1.42. The SMILES string of the molecule is CNCc1cc(=O)[nH]c(CC(C)(C)C)n1. The van der Waals surface area contributed by atoms with Gasteiger partial charge >= 0.3 is 0 Å². The van der Waals surface area contributed by atoms with Crippen LogP contribution in [0, 0.1) is 5.41 Å². The summed E-state index contributed by atoms with van der Waals surface area (Å²) in [5.74, 6) is 0.764. The van der Waals surface area contributed by atoms with Crippen LogP contribution in [-0.4, -0.2) is 17.0 Å². The molecule has 0 fully saturated rings. The van der Waals surface area contributed by atoms with E-state index in [9.17, 15) is 4.79 Å². The van der Waals surface area contributed by atoms with Crippen LogP contribution in [0.2, 0.25) is 0 Å². The molecule has 0 radical (unpaired) electrons. The lowest BCUT2D eigenvalue weighted by Gasteiger charge is -2.17. The van der Waals surface area contributed by atoms with Gasteiger partial charge in [-0.1, -0.05) is 20.8 Å². The fraction of sp³-hybridized carbons (Fsp3) is 0.636. The molecule has 84 valence electrons. The van der Waals surface area contributed by atoms with Gasteiger partial charge in [-0.15, -0.1) is 0 Å². The van der Waals surface area contributed by atoms with Crippen molar-refractivity contribution in [2.45, 2.75) is 33.7 Å². The Bertz CT molecular complexity index is 376. The maximum atomic E-state index is 11.3. The van der Waals surface area contributed by atoms with Gasteiger partial charge in [0.2, 0.25) is 0 Å². The lowest BCUT2D eigenvalue weighted by Crippen LogP contribution is -2.20. The average molecular weight is 209 g/mol. The summed E-state index contributed by atoms with van der Waals surface area (Å²) in [4.78, 5) is 18.5. The Kier molecular flexibility index (Phi) is 3.63. The number of H-pyrrole nitrogens is 1. The van der Waals surface area contributed by atoms with E-state index in [0.29, 0.717) is 6.54 Å². The summed E-state index contributed by atoms with van der Waals surface area (Å²) in [5.41, 5.74) is 0.851. The predicted octanol–water partition coefficient (Wildman–Crippen LogP) is 1.08. The van der Waals surface area contributed by atoms with Crippen molar-refractivity contribution in [1.82, 2.24) is 15.3 Å². The number of hydrogen-bond acceptors (Lipinski definition) is 3. The molecule has 4 heteroatoms. The molecule has 0 aliphatic rings. The van der Waals surface area contributed by atoms with E-state index in [2.05, 4.69) is 36.1 Å². The molecule has 0 bridgehead atoms. The van der Waals surface area contributed by atoms with Crippen LogP contribution in [0.3, 0.4) is 0 Å². The van der Waals surface area contributed by atoms with Gasteiger partial charge in [-0.25, -0.2) is 4.98 Å². The van der Waals surface area contributed by atoms with Crippen LogP contribution in [0.1, 0.15) is 32.3 Å². The van der Waals surface area contributed by atoms with Crippen LogP contribution in [0.4, 0.5) is 0 Å². The summed E-state index contributed by atoms with van der Waals surface area (Å²) < 4.78 is 0. The largest absolute Gasteiger partial charge is 0.314 e. The molecule has 0 atom stereocenters. The first kappa shape index (κ1) is 11.9. The quantitative estimate of drug-likeness (QED) is 0.783. The Hall–Kier alpha value is -1.16. The molecule has 0 saturated heterocycles. The Morgan fingerprint density at radius 2 is 2.13 bits per heavy atom. The van der Waals surface area contributed by atoms with Crippen molar-refractivity contribution in [1.29, 1.82) is 0 Å². The van der Waals surface area contributed by atoms with Crippen LogP contribution in [0.5, 0.6) is 0 Å². The molecule has 1 aromatic heterocycles. The van der Waals surface area contributed by atoms with Crippen LogP contribution in [0.25, 0.3) is 0 Å². The second kappa shape index (κ2) is 4.57. The molecule has 0 aromatic carbocycles. The number of aromatic nitrogens is 2. The van der Waals surface area contributed by atoms with E-state index >= 15 is 0 Å². The van der Waals surface area contributed by atoms with Gasteiger partial charge in [0, 0.05) is 19.0 Å². The van der Waals surface area contributed by atoms with Gasteiger partial charge < -0.3 is 10.3 Å². The van der Waals surface area contributed by atoms with E-state index in [-0.39, 0.29) is 11.0 Å². The highest BCUT2D eigenvalue weighted by Crippen LogP contribution is 2.17. The monoisotopic (exact) mass is 209 g/mol. The molecule has 0 aliphatic heterocycles. The Morgan fingerprint density at radius 1 is 1.47 bits per heavy atom. The third-order valence-corrected chi connectivity index (χ3v) is 1.90. The van der Waals surface area contributed by atoms with E-state index < -0.39 is 0 Å². The normalized spacial score (nSPS) is 11.7. The molecule has 15 heavy (non-hydrogen) atoms. The maximum absolute atomic E-state index is 11.3. The van der Waals surface area contributed by atoms with Gasteiger partial charge in [-0.3, -0.25) is 4.79 Å². The smallest absolute Gasteiger partial charge is 0.251 e. The zero-order chi connectivity index (χ0) is 11.5. The highest BCUT2D eigenvalue weighted by molar-refractivity contribution is 5.03. The highest BCUT2D eigenvalue weighted by Gasteiger charge is 2.13. The van der Waals surface area contributed by atoms with Crippen molar-refractivity contribution in [3.63, 3.8) is 0 Å². The molecule has 0 aliphatic carbocycles. The van der Waals surface area contributed by atoms with Crippen molar-refractivity contribution in [3.8, 4) is 0 Å². The second-order valence-electron chi connectivity index (χ2n) is 4.95. The molecule has 0 amide bonds. The Morgan fingerprint density at radius 3 is 2.67 bits per heavy atom. The van der Waals surface area contributed by atoms with E-state index in [4.69, 9.17) is 0 Å². The van der Waals surface area contributed by atoms with Crippen molar-refractivity contribution in [3.05, 3.63) is 27.9 Å². The minimum atomic E-state index is -0.0745. The molecule has 0 saturated carbocycles. The average Bonchev–Trinajstić information content (AvgIpc) is 1.99. The number of aromatic amines is 1. The lowest BCUT2D eigenvalue weighted by atomic mass is 9.92. The van der Waals surface area contributed by atoms with Gasteiger partial charge in [-0.05, 0) is 12.5 Å². The zero-order valence-electron chi connectivity index (χ0n) is 9.85. The minimum absolute atomic E-state index is 0.0745. The summed E-state index contributed by atoms with van der Waals surface area (Å²) in [5, 5.41) is 2.99. The fourth-order valence-corrected chi connectivity index (χ4v) is 1.42. The first-order valence-electron chi connectivity index (χ1n) is 5.14. The second-order valence-corrected chi connectivity index (χ2v) is 4.95. The molecule has 1 heterocycles. The van der Waals surface area contributed by atoms with Crippen LogP contribution in [-0.2, 0) is 13.0 Å². The van der Waals surface area contributed by atoms with E-state index in [1.54, 1.807) is 0 Å². The van der Waals surface area contributed by atoms with Crippen molar-refractivity contribution in [2.75, 3.05) is 7.05 Å². The van der Waals surface area contributed by atoms with Crippen LogP contribution < -0.4 is 10.9 Å². The van der Waals surface area contributed by atoms with Crippen LogP contribution >= 0.6 is 0 Å². The van der Waals surface area contributed by atoms with E-state index in [1.165, 1.54) is 6.07 Å². The summed E-state index contributed by atoms with van der Waals surface area (Å²) in [6.07, 6.45) is 0.778. The Labute approximate surface area is 90.1 Å². The first-order chi connectivity index (χ1) is 6.90. The van der Waals surface area contributed by atoms with Gasteiger partial charge in [0.15, 0.2) is 0 Å². The maximum Gasteiger partial charge on any atom is 0.251 e. The van der Waals surface area contributed by atoms with E-state index in [1.807, 2.05) is 7.05 Å². The number of nitrogens with zero attached hydrogens (tertiary/aromatic N) is 1. The van der Waals surface area contributed by atoms with Crippen molar-refractivity contribution in [2.24, 2.45) is 5.41 Å². The molecular formula is C11H19N3O. The molecule has 0 unspecified atom stereocenters. The van der Waals surface area contributed by atoms with Crippen LogP contribution in [0.15, 0.2) is 10.9 Å². The van der Waals surface area contributed by atoms with Gasteiger partial charge in [-0.2, -0.15) is 0 Å². The van der Waals surface area contributed by atoms with Crippen molar-refractivity contribution < 1.29 is 0 Å². The number of nitrogens with one attached hydrogen (secondary N) is 2. The Balaban J connectivity index is 2.94. The molecule has 2 N–H and O–H groups in total. The molecule has 1 rings (SSSR count). The van der Waals surface area contributed by atoms with E-state index in [0.717, 1.165) is 17.9 Å². The molecule has 0 spiro atoms. The van der Waals surface area contributed by atoms with Gasteiger partial charge in [0.25, 0.3) is 5.56 Å². The molecule has 1 aromatic rings. The third kappa shape index (κ3) is 4.25. The van der Waals surface area contributed by atoms with Gasteiger partial charge in [0.05, 0.1) is 5.69 Å². The standard InChI is InChI=1S/C11H19N3O/c1-11(2,3)6-9-13-8(7-12-4)5-10(15)14-9/h5,12H,6-7H2,1-4H3,(H,13,14,15). The third-order valence-electron chi connectivity index (χ3n) is 1.90. The summed E-state index contributed by atoms with van der Waals surface area (Å²) in [6.45, 7) is 6.99. The number of hydrogen-bond donors (Lipinski definition) is 2. The van der Waals surface area contributed by atoms with Crippen molar-refractivity contribution >= 4 is 0 Å². The minimum Gasteiger partial charge on any atom is -0.314 e. The molecular weight excluding hydrogens is 190 g/mol. The first-order valence-corrected chi connectivity index (χ1v) is 5.14. The topological polar surface area (TPSA) is 57.8 Å².